The van der Waals surface area contributed by atoms with Gasteiger partial charge in [0.25, 0.3) is 0 Å². The molecule has 4 heteroatoms. The average Bonchev–Trinajstić information content (AvgIpc) is 2.84. The van der Waals surface area contributed by atoms with Crippen LogP contribution in [-0.2, 0) is 6.61 Å². The molecule has 0 spiro atoms. The van der Waals surface area contributed by atoms with E-state index in [-0.39, 0.29) is 0 Å². The zero-order chi connectivity index (χ0) is 15.7. The van der Waals surface area contributed by atoms with Gasteiger partial charge in [-0.15, -0.1) is 0 Å². The number of para-hydroxylation sites is 1. The number of aryl methyl sites for hydroxylation is 1. The third kappa shape index (κ3) is 2.81. The van der Waals surface area contributed by atoms with Gasteiger partial charge >= 0.3 is 0 Å². The summed E-state index contributed by atoms with van der Waals surface area (Å²) in [6.45, 7) is 6.76. The second kappa shape index (κ2) is 6.01. The van der Waals surface area contributed by atoms with Gasteiger partial charge in [0.1, 0.15) is 18.2 Å². The van der Waals surface area contributed by atoms with Crippen molar-refractivity contribution in [1.29, 1.82) is 0 Å². The van der Waals surface area contributed by atoms with Crippen molar-refractivity contribution in [3.05, 3.63) is 58.9 Å². The SMILES string of the molecule is Cc1ccccc1OCc1nc2ccc(Cl)cc2n1C(C)C. The number of nitrogens with zero attached hydrogens (tertiary/aromatic N) is 2. The zero-order valence-electron chi connectivity index (χ0n) is 13.0. The number of aromatic nitrogens is 2. The molecule has 0 aliphatic heterocycles. The molecule has 0 saturated heterocycles. The van der Waals surface area contributed by atoms with Crippen LogP contribution < -0.4 is 4.74 Å². The summed E-state index contributed by atoms with van der Waals surface area (Å²) in [5.74, 6) is 1.80. The van der Waals surface area contributed by atoms with Gasteiger partial charge in [0.05, 0.1) is 11.0 Å². The Labute approximate surface area is 135 Å². The molecule has 3 nitrogen and oxygen atoms in total. The number of fused-ring (bicyclic) bond motifs is 1. The summed E-state index contributed by atoms with van der Waals surface area (Å²) in [6.07, 6.45) is 0. The molecule has 0 fully saturated rings. The van der Waals surface area contributed by atoms with E-state index < -0.39 is 0 Å². The van der Waals surface area contributed by atoms with Gasteiger partial charge in [-0.2, -0.15) is 0 Å². The maximum absolute atomic E-state index is 6.13. The molecule has 114 valence electrons. The minimum Gasteiger partial charge on any atom is -0.485 e. The Kier molecular flexibility index (Phi) is 4.08. The fourth-order valence-electron chi connectivity index (χ4n) is 2.65. The van der Waals surface area contributed by atoms with Crippen LogP contribution in [0.15, 0.2) is 42.5 Å². The van der Waals surface area contributed by atoms with Gasteiger partial charge in [0.2, 0.25) is 0 Å². The van der Waals surface area contributed by atoms with E-state index in [2.05, 4.69) is 18.4 Å². The van der Waals surface area contributed by atoms with Crippen LogP contribution in [0.25, 0.3) is 11.0 Å². The highest BCUT2D eigenvalue weighted by Crippen LogP contribution is 2.25. The number of imidazole rings is 1. The van der Waals surface area contributed by atoms with Crippen LogP contribution in [0.3, 0.4) is 0 Å². The number of hydrogen-bond donors (Lipinski definition) is 0. The van der Waals surface area contributed by atoms with Crippen LogP contribution in [0.4, 0.5) is 0 Å². The number of halogens is 1. The molecule has 0 N–H and O–H groups in total. The van der Waals surface area contributed by atoms with Gasteiger partial charge in [0, 0.05) is 11.1 Å². The molecule has 1 heterocycles. The largest absolute Gasteiger partial charge is 0.485 e. The molecule has 22 heavy (non-hydrogen) atoms. The maximum Gasteiger partial charge on any atom is 0.148 e. The van der Waals surface area contributed by atoms with E-state index in [9.17, 15) is 0 Å². The molecule has 0 unspecified atom stereocenters. The van der Waals surface area contributed by atoms with Gasteiger partial charge in [-0.3, -0.25) is 0 Å². The Morgan fingerprint density at radius 3 is 2.68 bits per heavy atom. The van der Waals surface area contributed by atoms with Crippen LogP contribution in [0, 0.1) is 6.92 Å². The molecule has 0 saturated carbocycles. The number of hydrogen-bond acceptors (Lipinski definition) is 2. The minimum atomic E-state index is 0.291. The monoisotopic (exact) mass is 314 g/mol. The van der Waals surface area contributed by atoms with Crippen molar-refractivity contribution in [2.24, 2.45) is 0 Å². The first kappa shape index (κ1) is 14.9. The summed E-state index contributed by atoms with van der Waals surface area (Å²) in [4.78, 5) is 4.70. The average molecular weight is 315 g/mol. The maximum atomic E-state index is 6.13. The lowest BCUT2D eigenvalue weighted by molar-refractivity contribution is 0.285. The summed E-state index contributed by atoms with van der Waals surface area (Å²) in [6, 6.07) is 14.1. The number of ether oxygens (including phenoxy) is 1. The second-order valence-electron chi connectivity index (χ2n) is 5.68. The first-order valence-corrected chi connectivity index (χ1v) is 7.79. The molecule has 0 amide bonds. The number of benzene rings is 2. The molecule has 0 atom stereocenters. The quantitative estimate of drug-likeness (QED) is 0.665. The van der Waals surface area contributed by atoms with E-state index >= 15 is 0 Å². The molecule has 0 radical (unpaired) electrons. The van der Waals surface area contributed by atoms with Gasteiger partial charge in [0.15, 0.2) is 0 Å². The molecule has 3 rings (SSSR count). The van der Waals surface area contributed by atoms with Crippen LogP contribution in [0.5, 0.6) is 5.75 Å². The van der Waals surface area contributed by atoms with Crippen LogP contribution in [-0.4, -0.2) is 9.55 Å². The van der Waals surface area contributed by atoms with Crippen LogP contribution >= 0.6 is 11.6 Å². The number of rotatable bonds is 4. The lowest BCUT2D eigenvalue weighted by atomic mass is 10.2. The highest BCUT2D eigenvalue weighted by Gasteiger charge is 2.14. The Balaban J connectivity index is 1.96. The molecule has 0 aliphatic rings. The third-order valence-corrected chi connectivity index (χ3v) is 3.93. The van der Waals surface area contributed by atoms with Crippen molar-refractivity contribution in [2.45, 2.75) is 33.4 Å². The van der Waals surface area contributed by atoms with E-state index in [1.807, 2.05) is 49.4 Å². The standard InChI is InChI=1S/C18H19ClN2O/c1-12(2)21-16-10-14(19)8-9-15(16)20-18(21)11-22-17-7-5-4-6-13(17)3/h4-10,12H,11H2,1-3H3. The minimum absolute atomic E-state index is 0.291. The fraction of sp³-hybridized carbons (Fsp3) is 0.278. The van der Waals surface area contributed by atoms with E-state index in [1.165, 1.54) is 0 Å². The summed E-state index contributed by atoms with van der Waals surface area (Å²) in [7, 11) is 0. The van der Waals surface area contributed by atoms with Crippen molar-refractivity contribution in [3.63, 3.8) is 0 Å². The second-order valence-corrected chi connectivity index (χ2v) is 6.12. The van der Waals surface area contributed by atoms with Gasteiger partial charge in [-0.1, -0.05) is 29.8 Å². The summed E-state index contributed by atoms with van der Waals surface area (Å²) >= 11 is 6.13. The summed E-state index contributed by atoms with van der Waals surface area (Å²) in [5, 5.41) is 0.723. The lowest BCUT2D eigenvalue weighted by Crippen LogP contribution is -2.09. The molecule has 0 aliphatic carbocycles. The smallest absolute Gasteiger partial charge is 0.148 e. The topological polar surface area (TPSA) is 27.1 Å². The Bertz CT molecular complexity index is 808. The predicted molar refractivity (Wildman–Crippen MR) is 90.6 cm³/mol. The van der Waals surface area contributed by atoms with Crippen molar-refractivity contribution in [1.82, 2.24) is 9.55 Å². The summed E-state index contributed by atoms with van der Waals surface area (Å²) in [5.41, 5.74) is 3.12. The Hall–Kier alpha value is -2.00. The Morgan fingerprint density at radius 1 is 1.18 bits per heavy atom. The molecule has 0 bridgehead atoms. The molecule has 1 aromatic heterocycles. The van der Waals surface area contributed by atoms with Crippen molar-refractivity contribution in [3.8, 4) is 5.75 Å². The first-order valence-electron chi connectivity index (χ1n) is 7.41. The van der Waals surface area contributed by atoms with Crippen molar-refractivity contribution < 1.29 is 4.74 Å². The molecular formula is C18H19ClN2O. The van der Waals surface area contributed by atoms with E-state index in [0.29, 0.717) is 12.6 Å². The highest BCUT2D eigenvalue weighted by molar-refractivity contribution is 6.31. The van der Waals surface area contributed by atoms with E-state index in [0.717, 1.165) is 33.2 Å². The molecule has 2 aromatic carbocycles. The van der Waals surface area contributed by atoms with E-state index in [1.54, 1.807) is 0 Å². The summed E-state index contributed by atoms with van der Waals surface area (Å²) < 4.78 is 8.14. The van der Waals surface area contributed by atoms with Crippen LogP contribution in [0.2, 0.25) is 5.02 Å². The molecule has 3 aromatic rings. The predicted octanol–water partition coefficient (Wildman–Crippen LogP) is 5.16. The third-order valence-electron chi connectivity index (χ3n) is 3.69. The first-order chi connectivity index (χ1) is 10.6. The fourth-order valence-corrected chi connectivity index (χ4v) is 2.82. The zero-order valence-corrected chi connectivity index (χ0v) is 13.8. The highest BCUT2D eigenvalue weighted by atomic mass is 35.5. The van der Waals surface area contributed by atoms with Gasteiger partial charge in [-0.05, 0) is 50.6 Å². The molecular weight excluding hydrogens is 296 g/mol. The van der Waals surface area contributed by atoms with E-state index in [4.69, 9.17) is 21.3 Å². The van der Waals surface area contributed by atoms with Gasteiger partial charge < -0.3 is 9.30 Å². The lowest BCUT2D eigenvalue weighted by Gasteiger charge is -2.14. The van der Waals surface area contributed by atoms with Crippen molar-refractivity contribution in [2.75, 3.05) is 0 Å². The normalized spacial score (nSPS) is 11.3. The Morgan fingerprint density at radius 2 is 1.95 bits per heavy atom. The van der Waals surface area contributed by atoms with Gasteiger partial charge in [-0.25, -0.2) is 4.98 Å². The van der Waals surface area contributed by atoms with Crippen LogP contribution in [0.1, 0.15) is 31.3 Å². The van der Waals surface area contributed by atoms with Crippen molar-refractivity contribution >= 4 is 22.6 Å².